The number of alkyl halides is 3. The number of nitrogens with two attached hydrogens (primary N) is 1. The summed E-state index contributed by atoms with van der Waals surface area (Å²) in [5.41, 5.74) is 1.17. The van der Waals surface area contributed by atoms with Crippen LogP contribution >= 0.6 is 0 Å². The Morgan fingerprint density at radius 2 is 1.67 bits per heavy atom. The first kappa shape index (κ1) is 11.4. The standard InChI is InChI=1S/C10H8F3NO/c11-10(12,13)9(15,6-7-14)8-4-2-1-3-5-8/h1-5,15H,14H2. The summed E-state index contributed by atoms with van der Waals surface area (Å²) in [4.78, 5) is 0. The van der Waals surface area contributed by atoms with Crippen LogP contribution in [0.3, 0.4) is 0 Å². The normalized spacial score (nSPS) is 14.9. The maximum atomic E-state index is 12.6. The molecular weight excluding hydrogens is 207 g/mol. The van der Waals surface area contributed by atoms with E-state index in [-0.39, 0.29) is 5.56 Å². The Morgan fingerprint density at radius 3 is 2.07 bits per heavy atom. The third-order valence-corrected chi connectivity index (χ3v) is 1.85. The van der Waals surface area contributed by atoms with E-state index in [1.54, 1.807) is 12.0 Å². The molecule has 2 nitrogen and oxygen atoms in total. The molecule has 3 N–H and O–H groups in total. The molecule has 0 amide bonds. The minimum absolute atomic E-state index is 0.351. The van der Waals surface area contributed by atoms with Crippen molar-refractivity contribution in [2.45, 2.75) is 11.8 Å². The summed E-state index contributed by atoms with van der Waals surface area (Å²) in [5, 5.41) is 9.44. The third kappa shape index (κ3) is 2.05. The fourth-order valence-electron chi connectivity index (χ4n) is 1.09. The fraction of sp³-hybridized carbons (Fsp3) is 0.200. The average Bonchev–Trinajstić information content (AvgIpc) is 2.18. The molecule has 0 saturated heterocycles. The monoisotopic (exact) mass is 215 g/mol. The summed E-state index contributed by atoms with van der Waals surface area (Å²) in [7, 11) is 0. The largest absolute Gasteiger partial charge is 0.433 e. The van der Waals surface area contributed by atoms with E-state index in [4.69, 9.17) is 5.73 Å². The van der Waals surface area contributed by atoms with Crippen LogP contribution < -0.4 is 5.73 Å². The Kier molecular flexibility index (Phi) is 2.91. The van der Waals surface area contributed by atoms with Crippen LogP contribution in [0.5, 0.6) is 0 Å². The van der Waals surface area contributed by atoms with Crippen LogP contribution in [0.1, 0.15) is 5.56 Å². The van der Waals surface area contributed by atoms with Gasteiger partial charge in [-0.25, -0.2) is 0 Å². The SMILES string of the molecule is NC#CC(O)(c1ccccc1)C(F)(F)F. The van der Waals surface area contributed by atoms with Gasteiger partial charge in [0.25, 0.3) is 0 Å². The summed E-state index contributed by atoms with van der Waals surface area (Å²) in [5.74, 6) is 1.57. The summed E-state index contributed by atoms with van der Waals surface area (Å²) >= 11 is 0. The van der Waals surface area contributed by atoms with Gasteiger partial charge in [-0.15, -0.1) is 0 Å². The van der Waals surface area contributed by atoms with E-state index in [0.29, 0.717) is 0 Å². The Labute approximate surface area is 84.5 Å². The molecule has 0 radical (unpaired) electrons. The highest BCUT2D eigenvalue weighted by Gasteiger charge is 2.54. The highest BCUT2D eigenvalue weighted by atomic mass is 19.4. The molecule has 0 aliphatic carbocycles. The van der Waals surface area contributed by atoms with Gasteiger partial charge in [0.2, 0.25) is 5.60 Å². The molecule has 0 aliphatic heterocycles. The fourth-order valence-corrected chi connectivity index (χ4v) is 1.09. The van der Waals surface area contributed by atoms with Crippen LogP contribution in [0.2, 0.25) is 0 Å². The molecule has 1 atom stereocenters. The minimum Gasteiger partial charge on any atom is -0.366 e. The molecule has 0 saturated carbocycles. The molecule has 1 aromatic rings. The van der Waals surface area contributed by atoms with E-state index in [0.717, 1.165) is 12.1 Å². The quantitative estimate of drug-likeness (QED) is 0.548. The smallest absolute Gasteiger partial charge is 0.366 e. The van der Waals surface area contributed by atoms with Crippen molar-refractivity contribution in [3.63, 3.8) is 0 Å². The molecule has 0 spiro atoms. The van der Waals surface area contributed by atoms with Crippen LogP contribution in [0, 0.1) is 12.0 Å². The van der Waals surface area contributed by atoms with Gasteiger partial charge in [-0.1, -0.05) is 30.3 Å². The molecule has 15 heavy (non-hydrogen) atoms. The molecule has 1 rings (SSSR count). The zero-order chi connectivity index (χ0) is 11.5. The topological polar surface area (TPSA) is 46.2 Å². The van der Waals surface area contributed by atoms with Crippen molar-refractivity contribution in [2.75, 3.05) is 0 Å². The first-order valence-electron chi connectivity index (χ1n) is 3.99. The number of hydrogen-bond donors (Lipinski definition) is 2. The second-order valence-corrected chi connectivity index (χ2v) is 2.84. The number of hydrogen-bond acceptors (Lipinski definition) is 2. The van der Waals surface area contributed by atoms with Gasteiger partial charge < -0.3 is 10.8 Å². The number of aliphatic hydroxyl groups is 1. The Hall–Kier alpha value is -1.67. The van der Waals surface area contributed by atoms with E-state index in [2.05, 4.69) is 0 Å². The zero-order valence-corrected chi connectivity index (χ0v) is 7.55. The van der Waals surface area contributed by atoms with Gasteiger partial charge in [-0.3, -0.25) is 0 Å². The highest BCUT2D eigenvalue weighted by molar-refractivity contribution is 5.33. The van der Waals surface area contributed by atoms with Gasteiger partial charge in [-0.2, -0.15) is 13.2 Å². The van der Waals surface area contributed by atoms with Crippen molar-refractivity contribution in [2.24, 2.45) is 5.73 Å². The molecular formula is C10H8F3NO. The molecule has 0 aliphatic rings. The summed E-state index contributed by atoms with van der Waals surface area (Å²) in [6.45, 7) is 0. The van der Waals surface area contributed by atoms with Crippen LogP contribution in [-0.4, -0.2) is 11.3 Å². The van der Waals surface area contributed by atoms with E-state index >= 15 is 0 Å². The molecule has 1 aromatic carbocycles. The van der Waals surface area contributed by atoms with Crippen molar-refractivity contribution in [1.29, 1.82) is 0 Å². The van der Waals surface area contributed by atoms with Gasteiger partial charge in [0.05, 0.1) is 0 Å². The summed E-state index contributed by atoms with van der Waals surface area (Å²) in [6.07, 6.45) is -4.89. The predicted octanol–water partition coefficient (Wildman–Crippen LogP) is 1.36. The molecule has 0 heterocycles. The lowest BCUT2D eigenvalue weighted by Gasteiger charge is -2.25. The van der Waals surface area contributed by atoms with Gasteiger partial charge in [0.1, 0.15) is 0 Å². The number of rotatable bonds is 1. The Morgan fingerprint density at radius 1 is 1.13 bits per heavy atom. The van der Waals surface area contributed by atoms with Crippen LogP contribution in [-0.2, 0) is 5.60 Å². The second-order valence-electron chi connectivity index (χ2n) is 2.84. The lowest BCUT2D eigenvalue weighted by molar-refractivity contribution is -0.240. The lowest BCUT2D eigenvalue weighted by atomic mass is 9.94. The first-order chi connectivity index (χ1) is 6.92. The number of benzene rings is 1. The summed E-state index contributed by atoms with van der Waals surface area (Å²) < 4.78 is 37.7. The van der Waals surface area contributed by atoms with E-state index in [1.165, 1.54) is 18.2 Å². The molecule has 5 heteroatoms. The van der Waals surface area contributed by atoms with Crippen LogP contribution in [0.4, 0.5) is 13.2 Å². The van der Waals surface area contributed by atoms with E-state index in [9.17, 15) is 18.3 Å². The van der Waals surface area contributed by atoms with Crippen LogP contribution in [0.15, 0.2) is 30.3 Å². The van der Waals surface area contributed by atoms with Gasteiger partial charge in [-0.05, 0) is 5.92 Å². The van der Waals surface area contributed by atoms with Crippen molar-refractivity contribution in [3.05, 3.63) is 35.9 Å². The average molecular weight is 215 g/mol. The predicted molar refractivity (Wildman–Crippen MR) is 48.4 cm³/mol. The van der Waals surface area contributed by atoms with Crippen LogP contribution in [0.25, 0.3) is 0 Å². The molecule has 0 bridgehead atoms. The highest BCUT2D eigenvalue weighted by Crippen LogP contribution is 2.38. The number of halogens is 3. The second kappa shape index (κ2) is 3.83. The Balaban J connectivity index is 3.30. The minimum atomic E-state index is -4.89. The van der Waals surface area contributed by atoms with Gasteiger partial charge in [0, 0.05) is 11.6 Å². The van der Waals surface area contributed by atoms with Gasteiger partial charge in [0.15, 0.2) is 0 Å². The van der Waals surface area contributed by atoms with Crippen molar-refractivity contribution in [3.8, 4) is 12.0 Å². The lowest BCUT2D eigenvalue weighted by Crippen LogP contribution is -2.41. The molecule has 0 aromatic heterocycles. The van der Waals surface area contributed by atoms with E-state index < -0.39 is 11.8 Å². The molecule has 80 valence electrons. The molecule has 0 fully saturated rings. The van der Waals surface area contributed by atoms with Crippen molar-refractivity contribution in [1.82, 2.24) is 0 Å². The maximum absolute atomic E-state index is 12.6. The third-order valence-electron chi connectivity index (χ3n) is 1.85. The van der Waals surface area contributed by atoms with Crippen molar-refractivity contribution >= 4 is 0 Å². The maximum Gasteiger partial charge on any atom is 0.433 e. The Bertz CT molecular complexity index is 391. The zero-order valence-electron chi connectivity index (χ0n) is 7.55. The van der Waals surface area contributed by atoms with Gasteiger partial charge >= 0.3 is 6.18 Å². The van der Waals surface area contributed by atoms with Crippen molar-refractivity contribution < 1.29 is 18.3 Å². The van der Waals surface area contributed by atoms with E-state index in [1.807, 2.05) is 0 Å². The first-order valence-corrected chi connectivity index (χ1v) is 3.99. The summed E-state index contributed by atoms with van der Waals surface area (Å²) in [6, 6.07) is 8.16. The molecule has 1 unspecified atom stereocenters.